The van der Waals surface area contributed by atoms with Crippen LogP contribution in [0.3, 0.4) is 0 Å². The maximum atomic E-state index is 10.9. The minimum absolute atomic E-state index is 0. The fourth-order valence-corrected chi connectivity index (χ4v) is 0. The van der Waals surface area contributed by atoms with Gasteiger partial charge >= 0.3 is 12.4 Å². The molecule has 0 aliphatic rings. The van der Waals surface area contributed by atoms with Crippen molar-refractivity contribution >= 4 is 19.3 Å². The van der Waals surface area contributed by atoms with Crippen LogP contribution in [0, 0.1) is 0 Å². The number of halogens is 6. The summed E-state index contributed by atoms with van der Waals surface area (Å²) in [7, 11) is 0. The van der Waals surface area contributed by atoms with Crippen LogP contribution < -0.4 is 0 Å². The summed E-state index contributed by atoms with van der Waals surface area (Å²) in [6.45, 7) is 1.17. The first kappa shape index (κ1) is 20.0. The zero-order valence-corrected chi connectivity index (χ0v) is 8.70. The van der Waals surface area contributed by atoms with E-state index in [1.54, 1.807) is 0 Å². The second-order valence-electron chi connectivity index (χ2n) is 2.27. The first-order valence-corrected chi connectivity index (χ1v) is 3.21. The lowest BCUT2D eigenvalue weighted by molar-refractivity contribution is -0.197. The number of carbonyl (C=O) groups is 1. The number of rotatable bonds is 0. The fourth-order valence-electron chi connectivity index (χ4n) is 0. The van der Waals surface area contributed by atoms with Crippen LogP contribution in [0.4, 0.5) is 26.3 Å². The van der Waals surface area contributed by atoms with Gasteiger partial charge < -0.3 is 5.11 Å². The zero-order valence-electron chi connectivity index (χ0n) is 7.70. The summed E-state index contributed by atoms with van der Waals surface area (Å²) >= 11 is 0. The molecule has 9 heteroatoms. The molecule has 0 aromatic carbocycles. The van der Waals surface area contributed by atoms with Gasteiger partial charge in [-0.05, 0) is 6.92 Å². The summed E-state index contributed by atoms with van der Waals surface area (Å²) < 4.78 is 65.3. The van der Waals surface area contributed by atoms with E-state index in [2.05, 4.69) is 0 Å². The third kappa shape index (κ3) is 13.6. The van der Waals surface area contributed by atoms with Gasteiger partial charge in [-0.15, -0.1) is 0 Å². The molecule has 0 unspecified atom stereocenters. The van der Waals surface area contributed by atoms with Crippen molar-refractivity contribution in [3.63, 3.8) is 0 Å². The molecule has 0 aliphatic heterocycles. The van der Waals surface area contributed by atoms with Crippen LogP contribution >= 0.6 is 13.5 Å². The van der Waals surface area contributed by atoms with Crippen LogP contribution in [0.5, 0.6) is 0 Å². The summed E-state index contributed by atoms with van der Waals surface area (Å²) in [5.41, 5.74) is 0. The maximum Gasteiger partial charge on any atom is 0.449 e. The van der Waals surface area contributed by atoms with Crippen molar-refractivity contribution in [1.82, 2.24) is 0 Å². The van der Waals surface area contributed by atoms with Gasteiger partial charge in [-0.2, -0.15) is 39.8 Å². The Balaban J connectivity index is -0.000000180. The van der Waals surface area contributed by atoms with Crippen molar-refractivity contribution in [2.24, 2.45) is 0 Å². The molecule has 0 fully saturated rings. The molecule has 0 radical (unpaired) electrons. The number of carbonyl (C=O) groups excluding carboxylic acids is 1. The Labute approximate surface area is 88.7 Å². The molecule has 1 N–H and O–H groups in total. The summed E-state index contributed by atoms with van der Waals surface area (Å²) in [6.07, 6.45) is -11.3. The molecule has 0 bridgehead atoms. The van der Waals surface area contributed by atoms with E-state index >= 15 is 0 Å². The molecule has 0 spiro atoms. The largest absolute Gasteiger partial charge is 0.449 e. The Kier molecular flexibility index (Phi) is 9.27. The molecular weight excluding hydrogens is 250 g/mol. The topological polar surface area (TPSA) is 37.3 Å². The van der Waals surface area contributed by atoms with Crippen molar-refractivity contribution < 1.29 is 36.2 Å². The van der Waals surface area contributed by atoms with Gasteiger partial charge in [0.1, 0.15) is 6.10 Å². The molecule has 0 aromatic heterocycles. The summed E-state index contributed by atoms with van der Waals surface area (Å²) in [4.78, 5) is 9.34. The fraction of sp³-hybridized carbons (Fsp3) is 0.833. The van der Waals surface area contributed by atoms with Gasteiger partial charge in [0.25, 0.3) is 0 Å². The SMILES string of the molecule is CC(=O)C(F)(F)F.C[C@H](O)C(F)(F)F.S. The average Bonchev–Trinajstić information content (AvgIpc) is 1.83. The number of aliphatic hydroxyl groups is 1. The van der Waals surface area contributed by atoms with Crippen LogP contribution in [0.1, 0.15) is 13.8 Å². The van der Waals surface area contributed by atoms with Gasteiger partial charge in [0, 0.05) is 6.92 Å². The molecule has 0 aliphatic carbocycles. The summed E-state index contributed by atoms with van der Waals surface area (Å²) in [5, 5.41) is 7.76. The summed E-state index contributed by atoms with van der Waals surface area (Å²) in [6, 6.07) is 0. The van der Waals surface area contributed by atoms with Crippen molar-refractivity contribution in [2.75, 3.05) is 0 Å². The predicted octanol–water partition coefficient (Wildman–Crippen LogP) is 2.18. The highest BCUT2D eigenvalue weighted by Crippen LogP contribution is 2.18. The number of alkyl halides is 6. The molecule has 0 heterocycles. The molecule has 0 rings (SSSR count). The van der Waals surface area contributed by atoms with E-state index in [1.807, 2.05) is 0 Å². The quantitative estimate of drug-likeness (QED) is 0.678. The van der Waals surface area contributed by atoms with Crippen molar-refractivity contribution in [3.05, 3.63) is 0 Å². The molecule has 0 saturated heterocycles. The van der Waals surface area contributed by atoms with E-state index in [4.69, 9.17) is 5.11 Å². The summed E-state index contributed by atoms with van der Waals surface area (Å²) in [5.74, 6) is -1.76. The number of hydrogen-bond acceptors (Lipinski definition) is 2. The molecule has 2 nitrogen and oxygen atoms in total. The van der Waals surface area contributed by atoms with Crippen molar-refractivity contribution in [1.29, 1.82) is 0 Å². The Hall–Kier alpha value is -0.440. The number of ketones is 1. The van der Waals surface area contributed by atoms with Gasteiger partial charge in [0.05, 0.1) is 0 Å². The molecule has 0 saturated carbocycles. The van der Waals surface area contributed by atoms with E-state index in [1.165, 1.54) is 0 Å². The van der Waals surface area contributed by atoms with E-state index < -0.39 is 24.2 Å². The van der Waals surface area contributed by atoms with Crippen LogP contribution in [0.25, 0.3) is 0 Å². The van der Waals surface area contributed by atoms with E-state index in [0.29, 0.717) is 13.8 Å². The number of aliphatic hydroxyl groups excluding tert-OH is 1. The minimum atomic E-state index is -4.64. The van der Waals surface area contributed by atoms with Crippen LogP contribution in [0.15, 0.2) is 0 Å². The molecular formula is C6H10F6O2S. The van der Waals surface area contributed by atoms with Gasteiger partial charge in [0.15, 0.2) is 0 Å². The van der Waals surface area contributed by atoms with Gasteiger partial charge in [-0.3, -0.25) is 4.79 Å². The van der Waals surface area contributed by atoms with E-state index in [0.717, 1.165) is 0 Å². The molecule has 0 aromatic rings. The van der Waals surface area contributed by atoms with Gasteiger partial charge in [0.2, 0.25) is 5.78 Å². The lowest BCUT2D eigenvalue weighted by atomic mass is 10.4. The van der Waals surface area contributed by atoms with Crippen LogP contribution in [-0.4, -0.2) is 29.3 Å². The van der Waals surface area contributed by atoms with Gasteiger partial charge in [-0.1, -0.05) is 0 Å². The second-order valence-corrected chi connectivity index (χ2v) is 2.27. The standard InChI is InChI=1S/C3H5F3O.C3H3F3O.H2S/c2*1-2(7)3(4,5)6;/h2,7H,1H3;1H3;1H2/t2-;;/m0../s1. The highest BCUT2D eigenvalue weighted by atomic mass is 32.1. The van der Waals surface area contributed by atoms with E-state index in [9.17, 15) is 31.1 Å². The third-order valence-electron chi connectivity index (χ3n) is 0.873. The van der Waals surface area contributed by atoms with E-state index in [-0.39, 0.29) is 13.5 Å². The molecule has 15 heavy (non-hydrogen) atoms. The molecule has 94 valence electrons. The van der Waals surface area contributed by atoms with Gasteiger partial charge in [-0.25, -0.2) is 0 Å². The second kappa shape index (κ2) is 6.94. The Morgan fingerprint density at radius 3 is 1.27 bits per heavy atom. The Morgan fingerprint density at radius 1 is 1.13 bits per heavy atom. The smallest absolute Gasteiger partial charge is 0.384 e. The lowest BCUT2D eigenvalue weighted by Gasteiger charge is -2.06. The average molecular weight is 260 g/mol. The Morgan fingerprint density at radius 2 is 1.27 bits per heavy atom. The lowest BCUT2D eigenvalue weighted by Crippen LogP contribution is -2.24. The van der Waals surface area contributed by atoms with Crippen molar-refractivity contribution in [2.45, 2.75) is 32.3 Å². The first-order chi connectivity index (χ1) is 5.89. The normalized spacial score (nSPS) is 13.1. The minimum Gasteiger partial charge on any atom is -0.384 e. The maximum absolute atomic E-state index is 10.9. The predicted molar refractivity (Wildman–Crippen MR) is 44.9 cm³/mol. The first-order valence-electron chi connectivity index (χ1n) is 3.21. The highest BCUT2D eigenvalue weighted by Gasteiger charge is 2.34. The van der Waals surface area contributed by atoms with Crippen molar-refractivity contribution in [3.8, 4) is 0 Å². The highest BCUT2D eigenvalue weighted by molar-refractivity contribution is 7.59. The third-order valence-corrected chi connectivity index (χ3v) is 0.873. The molecule has 1 atom stereocenters. The van der Waals surface area contributed by atoms with Crippen LogP contribution in [0.2, 0.25) is 0 Å². The number of Topliss-reactive ketones (excluding diaryl/α,β-unsaturated/α-hetero) is 1. The molecule has 0 amide bonds. The monoisotopic (exact) mass is 260 g/mol. The number of hydrogen-bond donors (Lipinski definition) is 1. The Bertz CT molecular complexity index is 185. The van der Waals surface area contributed by atoms with Crippen LogP contribution in [-0.2, 0) is 4.79 Å². The zero-order chi connectivity index (χ0) is 12.2.